The minimum absolute atomic E-state index is 0.0101. The van der Waals surface area contributed by atoms with Crippen LogP contribution in [0.25, 0.3) is 83.8 Å². The number of allylic oxidation sites excluding steroid dienone is 2. The molecule has 12 heteroatoms. The van der Waals surface area contributed by atoms with E-state index in [-0.39, 0.29) is 12.1 Å². The molecule has 2 saturated heterocycles. The van der Waals surface area contributed by atoms with Crippen LogP contribution in [0.3, 0.4) is 0 Å². The van der Waals surface area contributed by atoms with Crippen molar-refractivity contribution in [2.24, 2.45) is 5.41 Å². The fraction of sp³-hybridized carbons (Fsp3) is 0.232. The molecule has 0 bridgehead atoms. The monoisotopic (exact) mass is 896 g/mol. The molecule has 0 atom stereocenters. The van der Waals surface area contributed by atoms with E-state index in [1.54, 1.807) is 12.7 Å². The van der Waals surface area contributed by atoms with E-state index in [0.717, 1.165) is 135 Å². The molecule has 1 aliphatic carbocycles. The molecule has 9 aromatic rings. The Morgan fingerprint density at radius 2 is 1.18 bits per heavy atom. The van der Waals surface area contributed by atoms with E-state index >= 15 is 0 Å². The molecule has 0 unspecified atom stereocenters. The molecule has 8 heterocycles. The fourth-order valence-electron chi connectivity index (χ4n) is 9.61. The lowest BCUT2D eigenvalue weighted by Crippen LogP contribution is -2.53. The molecule has 338 valence electrons. The first-order valence-corrected chi connectivity index (χ1v) is 23.5. The van der Waals surface area contributed by atoms with Gasteiger partial charge in [-0.3, -0.25) is 19.9 Å². The Kier molecular flexibility index (Phi) is 11.7. The van der Waals surface area contributed by atoms with Crippen molar-refractivity contribution < 1.29 is 9.53 Å². The Morgan fingerprint density at radius 3 is 1.72 bits per heavy atom. The smallest absolute Gasteiger partial charge is 0.338 e. The van der Waals surface area contributed by atoms with Crippen LogP contribution in [0, 0.1) is 19.3 Å². The number of benzene rings is 3. The highest BCUT2D eigenvalue weighted by Gasteiger charge is 2.37. The van der Waals surface area contributed by atoms with Gasteiger partial charge in [-0.25, -0.2) is 14.8 Å². The number of esters is 1. The zero-order valence-electron chi connectivity index (χ0n) is 38.2. The van der Waals surface area contributed by atoms with Gasteiger partial charge in [0.15, 0.2) is 0 Å². The van der Waals surface area contributed by atoms with Crippen LogP contribution in [0.15, 0.2) is 140 Å². The van der Waals surface area contributed by atoms with Crippen molar-refractivity contribution in [2.75, 3.05) is 26.2 Å². The zero-order chi connectivity index (χ0) is 46.0. The number of fused-ring (bicyclic) bond motifs is 2. The summed E-state index contributed by atoms with van der Waals surface area (Å²) in [5.74, 6) is -0.266. The minimum atomic E-state index is -0.266. The third-order valence-electron chi connectivity index (χ3n) is 13.6. The quantitative estimate of drug-likeness (QED) is 0.108. The van der Waals surface area contributed by atoms with Crippen molar-refractivity contribution in [1.29, 1.82) is 0 Å². The third-order valence-corrected chi connectivity index (χ3v) is 13.6. The maximum Gasteiger partial charge on any atom is 0.338 e. The highest BCUT2D eigenvalue weighted by Crippen LogP contribution is 2.42. The third kappa shape index (κ3) is 8.95. The van der Waals surface area contributed by atoms with Crippen molar-refractivity contribution in [3.05, 3.63) is 163 Å². The van der Waals surface area contributed by atoms with Crippen LogP contribution in [-0.4, -0.2) is 78.1 Å². The van der Waals surface area contributed by atoms with Gasteiger partial charge in [0.2, 0.25) is 0 Å². The highest BCUT2D eigenvalue weighted by molar-refractivity contribution is 5.92. The second-order valence-electron chi connectivity index (χ2n) is 18.3. The summed E-state index contributed by atoms with van der Waals surface area (Å²) in [6, 6.07) is 36.5. The number of aromatic amines is 2. The van der Waals surface area contributed by atoms with E-state index in [9.17, 15) is 4.79 Å². The average molecular weight is 897 g/mol. The van der Waals surface area contributed by atoms with Gasteiger partial charge in [0.25, 0.3) is 0 Å². The van der Waals surface area contributed by atoms with E-state index in [4.69, 9.17) is 9.72 Å². The summed E-state index contributed by atoms with van der Waals surface area (Å²) in [6.45, 7) is 8.09. The second-order valence-corrected chi connectivity index (χ2v) is 18.3. The van der Waals surface area contributed by atoms with Gasteiger partial charge in [0.1, 0.15) is 6.10 Å². The fourth-order valence-corrected chi connectivity index (χ4v) is 9.61. The molecule has 2 aliphatic heterocycles. The number of ether oxygens (including phenoxy) is 1. The van der Waals surface area contributed by atoms with Gasteiger partial charge in [0, 0.05) is 64.3 Å². The molecule has 0 saturated carbocycles. The predicted octanol–water partition coefficient (Wildman–Crippen LogP) is 10.7. The lowest BCUT2D eigenvalue weighted by Gasteiger charge is -2.44. The van der Waals surface area contributed by atoms with Crippen molar-refractivity contribution in [1.82, 2.24) is 50.5 Å². The van der Waals surface area contributed by atoms with Gasteiger partial charge in [-0.2, -0.15) is 0 Å². The Labute approximate surface area is 394 Å². The van der Waals surface area contributed by atoms with Gasteiger partial charge in [-0.05, 0) is 154 Å². The molecule has 3 aromatic carbocycles. The Bertz CT molecular complexity index is 3320. The first-order chi connectivity index (χ1) is 33.3. The van der Waals surface area contributed by atoms with Crippen LogP contribution in [0.5, 0.6) is 0 Å². The van der Waals surface area contributed by atoms with Crippen LogP contribution >= 0.6 is 0 Å². The number of nitrogens with zero attached hydrogens (tertiary/aromatic N) is 6. The van der Waals surface area contributed by atoms with Gasteiger partial charge in [-0.1, -0.05) is 42.5 Å². The number of nitrogens with one attached hydrogen (secondary N) is 4. The number of rotatable bonds is 8. The number of aromatic nitrogens is 8. The predicted molar refractivity (Wildman–Crippen MR) is 268 cm³/mol. The van der Waals surface area contributed by atoms with E-state index in [0.29, 0.717) is 11.0 Å². The first-order valence-electron chi connectivity index (χ1n) is 23.5. The number of imidazole rings is 2. The molecule has 3 aliphatic rings. The topological polar surface area (TPSA) is 159 Å². The SMILES string of the molecule is Cc1cccc(-c2[nH]cnc2-c2ccc3ncc(-c4ccc(C(=O)OC5CCNCC5)cc4)cc3c2)n1.Cc1cccc(-c2[nH]cnc2-c2ccc3ncc(C4=CCC5(CC4)CNC5)cc3c2)n1. The second kappa shape index (κ2) is 18.5. The normalized spacial score (nSPS) is 15.6. The summed E-state index contributed by atoms with van der Waals surface area (Å²) in [6.07, 6.45) is 15.1. The van der Waals surface area contributed by atoms with Crippen LogP contribution in [0.2, 0.25) is 0 Å². The Balaban J connectivity index is 0.000000151. The van der Waals surface area contributed by atoms with Crippen LogP contribution < -0.4 is 10.6 Å². The molecule has 12 rings (SSSR count). The number of carbonyl (C=O) groups excluding carboxylic acids is 1. The van der Waals surface area contributed by atoms with E-state index < -0.39 is 0 Å². The van der Waals surface area contributed by atoms with E-state index in [2.05, 4.69) is 88.0 Å². The summed E-state index contributed by atoms with van der Waals surface area (Å²) in [5.41, 5.74) is 17.0. The van der Waals surface area contributed by atoms with Crippen molar-refractivity contribution >= 4 is 33.3 Å². The van der Waals surface area contributed by atoms with E-state index in [1.807, 2.05) is 99.0 Å². The number of piperidine rings is 1. The zero-order valence-corrected chi connectivity index (χ0v) is 38.2. The number of pyridine rings is 4. The van der Waals surface area contributed by atoms with Crippen LogP contribution in [0.4, 0.5) is 0 Å². The molecular formula is C56H52N10O2. The summed E-state index contributed by atoms with van der Waals surface area (Å²) in [7, 11) is 0. The lowest BCUT2D eigenvalue weighted by atomic mass is 9.70. The summed E-state index contributed by atoms with van der Waals surface area (Å²) in [4.78, 5) is 47.0. The summed E-state index contributed by atoms with van der Waals surface area (Å²) < 4.78 is 5.67. The molecule has 1 spiro atoms. The van der Waals surface area contributed by atoms with Crippen molar-refractivity contribution in [3.8, 4) is 56.4 Å². The van der Waals surface area contributed by atoms with Crippen LogP contribution in [0.1, 0.15) is 59.4 Å². The van der Waals surface area contributed by atoms with Gasteiger partial charge < -0.3 is 25.3 Å². The van der Waals surface area contributed by atoms with Gasteiger partial charge >= 0.3 is 5.97 Å². The minimum Gasteiger partial charge on any atom is -0.459 e. The number of carbonyl (C=O) groups is 1. The van der Waals surface area contributed by atoms with Gasteiger partial charge in [0.05, 0.1) is 63.4 Å². The van der Waals surface area contributed by atoms with Crippen molar-refractivity contribution in [2.45, 2.75) is 52.1 Å². The van der Waals surface area contributed by atoms with Gasteiger partial charge in [-0.15, -0.1) is 0 Å². The lowest BCUT2D eigenvalue weighted by molar-refractivity contribution is 0.0229. The largest absolute Gasteiger partial charge is 0.459 e. The molecule has 12 nitrogen and oxygen atoms in total. The molecule has 4 N–H and O–H groups in total. The molecule has 0 amide bonds. The number of aryl methyl sites for hydroxylation is 2. The van der Waals surface area contributed by atoms with E-state index in [1.165, 1.54) is 24.0 Å². The summed E-state index contributed by atoms with van der Waals surface area (Å²) >= 11 is 0. The molecule has 0 radical (unpaired) electrons. The molecule has 6 aromatic heterocycles. The highest BCUT2D eigenvalue weighted by atomic mass is 16.5. The molecule has 2 fully saturated rings. The Hall–Kier alpha value is -7.67. The standard InChI is InChI=1S/C30H27N5O2.C26H25N5/c1-19-3-2-4-27(35-19)29-28(33-18-34-29)22-9-10-26-23(15-22)16-24(17-32-26)20-5-7-21(8-6-20)30(36)37-25-11-13-31-14-12-25;1-17-3-2-4-23(31-17)25-24(29-16-30-25)19-5-6-22-20(11-19)12-21(13-28-22)18-7-9-26(10-8-18)14-27-15-26/h2-10,15-18,25,31H,11-14H2,1H3,(H,33,34);2-7,11-13,16,27H,8-10,14-15H2,1H3,(H,29,30). The summed E-state index contributed by atoms with van der Waals surface area (Å²) in [5, 5.41) is 8.87. The first kappa shape index (κ1) is 42.9. The maximum atomic E-state index is 12.6. The Morgan fingerprint density at radius 1 is 0.618 bits per heavy atom. The molecule has 68 heavy (non-hydrogen) atoms. The van der Waals surface area contributed by atoms with Crippen molar-refractivity contribution in [3.63, 3.8) is 0 Å². The average Bonchev–Trinajstić information content (AvgIpc) is 4.08. The number of H-pyrrole nitrogens is 2. The maximum absolute atomic E-state index is 12.6. The number of hydrogen-bond donors (Lipinski definition) is 4. The van der Waals surface area contributed by atoms with Crippen LogP contribution in [-0.2, 0) is 4.74 Å². The number of hydrogen-bond acceptors (Lipinski definition) is 10. The molecular weight excluding hydrogens is 845 g/mol.